The molecule has 3 aliphatic heterocycles. The molecule has 5 rings (SSSR count). The molecule has 1 atom stereocenters. The Bertz CT molecular complexity index is 882. The van der Waals surface area contributed by atoms with E-state index >= 15 is 0 Å². The molecule has 1 saturated heterocycles. The van der Waals surface area contributed by atoms with Gasteiger partial charge in [-0.2, -0.15) is 5.10 Å². The number of hydrogen-bond acceptors (Lipinski definition) is 5. The fourth-order valence-electron chi connectivity index (χ4n) is 4.89. The standard InChI is InChI=1S/C22H27N3O3/c1-15(2)24-11-9-22(10-12-24)25-18(14-17(23-25)19-8-5-13-27-19)16-6-4-7-20(26-3)21(16)28-22/h4-8,13,15,18H,9-12,14H2,1-3H3/p+1/t18-/m0/s1. The minimum absolute atomic E-state index is 0.152. The van der Waals surface area contributed by atoms with Crippen molar-refractivity contribution in [2.75, 3.05) is 20.2 Å². The number of nitrogens with one attached hydrogen (secondary N) is 1. The van der Waals surface area contributed by atoms with Crippen LogP contribution in [0.2, 0.25) is 0 Å². The van der Waals surface area contributed by atoms with Gasteiger partial charge in [0.2, 0.25) is 5.72 Å². The van der Waals surface area contributed by atoms with Crippen LogP contribution in [0, 0.1) is 0 Å². The predicted octanol–water partition coefficient (Wildman–Crippen LogP) is 2.62. The first-order valence-electron chi connectivity index (χ1n) is 10.2. The summed E-state index contributed by atoms with van der Waals surface area (Å²) in [5.41, 5.74) is 1.72. The molecule has 1 spiro atoms. The summed E-state index contributed by atoms with van der Waals surface area (Å²) in [7, 11) is 1.71. The lowest BCUT2D eigenvalue weighted by molar-refractivity contribution is -0.929. The van der Waals surface area contributed by atoms with E-state index in [2.05, 4.69) is 24.9 Å². The summed E-state index contributed by atoms with van der Waals surface area (Å²) in [5.74, 6) is 2.54. The summed E-state index contributed by atoms with van der Waals surface area (Å²) in [6.45, 7) is 6.74. The van der Waals surface area contributed by atoms with Crippen molar-refractivity contribution >= 4 is 5.71 Å². The molecule has 1 N–H and O–H groups in total. The lowest BCUT2D eigenvalue weighted by Crippen LogP contribution is -3.16. The van der Waals surface area contributed by atoms with Crippen LogP contribution in [0.15, 0.2) is 46.1 Å². The SMILES string of the molecule is COc1cccc2c1OC1(CC[NH+](C(C)C)CC1)N1N=C(c3ccco3)C[C@@H]21. The van der Waals surface area contributed by atoms with Crippen LogP contribution in [-0.2, 0) is 0 Å². The van der Waals surface area contributed by atoms with Crippen LogP contribution in [-0.4, -0.2) is 42.7 Å². The summed E-state index contributed by atoms with van der Waals surface area (Å²) < 4.78 is 18.0. The third-order valence-corrected chi connectivity index (χ3v) is 6.50. The summed E-state index contributed by atoms with van der Waals surface area (Å²) >= 11 is 0. The second-order valence-electron chi connectivity index (χ2n) is 8.33. The Morgan fingerprint density at radius 1 is 1.21 bits per heavy atom. The molecular formula is C22H28N3O3+. The van der Waals surface area contributed by atoms with E-state index in [1.807, 2.05) is 24.3 Å². The summed E-state index contributed by atoms with van der Waals surface area (Å²) in [6.07, 6.45) is 4.43. The van der Waals surface area contributed by atoms with E-state index in [1.165, 1.54) is 0 Å². The van der Waals surface area contributed by atoms with Gasteiger partial charge in [0, 0.05) is 12.0 Å². The number of para-hydroxylation sites is 1. The van der Waals surface area contributed by atoms with Crippen molar-refractivity contribution in [3.8, 4) is 11.5 Å². The van der Waals surface area contributed by atoms with Gasteiger partial charge in [-0.25, -0.2) is 5.01 Å². The smallest absolute Gasteiger partial charge is 0.209 e. The van der Waals surface area contributed by atoms with Gasteiger partial charge in [0.15, 0.2) is 11.5 Å². The Morgan fingerprint density at radius 3 is 2.71 bits per heavy atom. The number of ether oxygens (including phenoxy) is 2. The first-order valence-corrected chi connectivity index (χ1v) is 10.2. The van der Waals surface area contributed by atoms with Gasteiger partial charge in [-0.15, -0.1) is 0 Å². The van der Waals surface area contributed by atoms with E-state index in [1.54, 1.807) is 18.3 Å². The van der Waals surface area contributed by atoms with E-state index in [-0.39, 0.29) is 6.04 Å². The zero-order valence-electron chi connectivity index (χ0n) is 16.8. The molecule has 6 nitrogen and oxygen atoms in total. The molecule has 0 aliphatic carbocycles. The van der Waals surface area contributed by atoms with Crippen LogP contribution in [0.3, 0.4) is 0 Å². The van der Waals surface area contributed by atoms with Crippen LogP contribution in [0.25, 0.3) is 0 Å². The van der Waals surface area contributed by atoms with Crippen LogP contribution in [0.5, 0.6) is 11.5 Å². The molecule has 3 aliphatic rings. The van der Waals surface area contributed by atoms with Gasteiger partial charge in [0.25, 0.3) is 0 Å². The fourth-order valence-corrected chi connectivity index (χ4v) is 4.89. The van der Waals surface area contributed by atoms with Crippen molar-refractivity contribution in [2.24, 2.45) is 5.10 Å². The van der Waals surface area contributed by atoms with Crippen molar-refractivity contribution in [1.29, 1.82) is 0 Å². The minimum Gasteiger partial charge on any atom is -0.493 e. The molecule has 1 aromatic heterocycles. The molecule has 0 radical (unpaired) electrons. The molecular weight excluding hydrogens is 354 g/mol. The molecule has 148 valence electrons. The Hall–Kier alpha value is -2.47. The molecule has 1 aromatic carbocycles. The largest absolute Gasteiger partial charge is 0.493 e. The number of piperidine rings is 1. The van der Waals surface area contributed by atoms with E-state index in [0.717, 1.165) is 60.9 Å². The van der Waals surface area contributed by atoms with Gasteiger partial charge in [-0.3, -0.25) is 0 Å². The second kappa shape index (κ2) is 6.55. The number of fused-ring (bicyclic) bond motifs is 4. The maximum atomic E-state index is 6.74. The van der Waals surface area contributed by atoms with Gasteiger partial charge in [0.1, 0.15) is 11.5 Å². The van der Waals surface area contributed by atoms with Gasteiger partial charge < -0.3 is 18.8 Å². The fraction of sp³-hybridized carbons (Fsp3) is 0.500. The van der Waals surface area contributed by atoms with Crippen LogP contribution in [0.4, 0.5) is 0 Å². The van der Waals surface area contributed by atoms with E-state index < -0.39 is 5.72 Å². The van der Waals surface area contributed by atoms with Crippen LogP contribution in [0.1, 0.15) is 50.5 Å². The van der Waals surface area contributed by atoms with Crippen molar-refractivity contribution in [1.82, 2.24) is 5.01 Å². The van der Waals surface area contributed by atoms with Crippen molar-refractivity contribution in [2.45, 2.75) is 50.9 Å². The van der Waals surface area contributed by atoms with E-state index in [4.69, 9.17) is 19.0 Å². The zero-order chi connectivity index (χ0) is 19.3. The number of furan rings is 1. The van der Waals surface area contributed by atoms with E-state index in [9.17, 15) is 0 Å². The highest BCUT2D eigenvalue weighted by Gasteiger charge is 2.54. The van der Waals surface area contributed by atoms with Crippen molar-refractivity contribution in [3.05, 3.63) is 47.9 Å². The van der Waals surface area contributed by atoms with Crippen LogP contribution < -0.4 is 14.4 Å². The third kappa shape index (κ3) is 2.62. The predicted molar refractivity (Wildman–Crippen MR) is 106 cm³/mol. The van der Waals surface area contributed by atoms with Gasteiger partial charge in [0.05, 0.1) is 51.4 Å². The molecule has 28 heavy (non-hydrogen) atoms. The average Bonchev–Trinajstić information content (AvgIpc) is 3.38. The van der Waals surface area contributed by atoms with Gasteiger partial charge >= 0.3 is 0 Å². The molecule has 6 heteroatoms. The number of hydrogen-bond donors (Lipinski definition) is 1. The molecule has 0 unspecified atom stereocenters. The Balaban J connectivity index is 1.57. The Morgan fingerprint density at radius 2 is 2.04 bits per heavy atom. The highest BCUT2D eigenvalue weighted by molar-refractivity contribution is 5.99. The molecule has 1 fully saturated rings. The van der Waals surface area contributed by atoms with Crippen molar-refractivity contribution in [3.63, 3.8) is 0 Å². The van der Waals surface area contributed by atoms with Crippen LogP contribution >= 0.6 is 0 Å². The molecule has 0 bridgehead atoms. The van der Waals surface area contributed by atoms with Crippen molar-refractivity contribution < 1.29 is 18.8 Å². The van der Waals surface area contributed by atoms with Gasteiger partial charge in [-0.1, -0.05) is 12.1 Å². The summed E-state index contributed by atoms with van der Waals surface area (Å²) in [4.78, 5) is 1.63. The maximum Gasteiger partial charge on any atom is 0.209 e. The number of benzene rings is 1. The average molecular weight is 382 g/mol. The first-order chi connectivity index (χ1) is 13.6. The molecule has 0 amide bonds. The van der Waals surface area contributed by atoms with E-state index in [0.29, 0.717) is 6.04 Å². The number of rotatable bonds is 3. The molecule has 4 heterocycles. The Labute approximate surface area is 165 Å². The second-order valence-corrected chi connectivity index (χ2v) is 8.33. The maximum absolute atomic E-state index is 6.74. The lowest BCUT2D eigenvalue weighted by Gasteiger charge is -2.50. The number of hydrazone groups is 1. The van der Waals surface area contributed by atoms with Gasteiger partial charge in [-0.05, 0) is 32.0 Å². The highest BCUT2D eigenvalue weighted by atomic mass is 16.5. The number of likely N-dealkylation sites (tertiary alicyclic amines) is 1. The topological polar surface area (TPSA) is 51.6 Å². The summed E-state index contributed by atoms with van der Waals surface area (Å²) in [5, 5.41) is 7.26. The normalized spacial score (nSPS) is 28.7. The molecule has 2 aromatic rings. The highest BCUT2D eigenvalue weighted by Crippen LogP contribution is 2.52. The number of methoxy groups -OCH3 is 1. The zero-order valence-corrected chi connectivity index (χ0v) is 16.8. The summed E-state index contributed by atoms with van der Waals surface area (Å²) in [6, 6.07) is 10.8. The Kier molecular flexibility index (Phi) is 4.12. The third-order valence-electron chi connectivity index (χ3n) is 6.50. The minimum atomic E-state index is -0.418. The monoisotopic (exact) mass is 382 g/mol. The number of nitrogens with zero attached hydrogens (tertiary/aromatic N) is 2. The number of quaternary nitrogens is 1. The first kappa shape index (κ1) is 17.6. The lowest BCUT2D eigenvalue weighted by atomic mass is 9.90. The molecule has 0 saturated carbocycles. The quantitative estimate of drug-likeness (QED) is 0.887.